The van der Waals surface area contributed by atoms with Gasteiger partial charge in [0.25, 0.3) is 0 Å². The summed E-state index contributed by atoms with van der Waals surface area (Å²) in [6, 6.07) is 22.3. The van der Waals surface area contributed by atoms with Gasteiger partial charge in [0.1, 0.15) is 5.75 Å². The Labute approximate surface area is 274 Å². The maximum Gasteiger partial charge on any atom is 0.122 e. The molecule has 0 saturated heterocycles. The number of aliphatic imine (C=N–C) groups is 1. The number of ether oxygens (including phenoxy) is 1. The van der Waals surface area contributed by atoms with Gasteiger partial charge in [0, 0.05) is 18.8 Å². The molecule has 0 fully saturated rings. The van der Waals surface area contributed by atoms with E-state index in [9.17, 15) is 0 Å². The van der Waals surface area contributed by atoms with E-state index in [1.54, 1.807) is 0 Å². The highest BCUT2D eigenvalue weighted by atomic mass is 16.5. The van der Waals surface area contributed by atoms with E-state index >= 15 is 0 Å². The molecule has 1 heterocycles. The van der Waals surface area contributed by atoms with Crippen LogP contribution in [0.1, 0.15) is 107 Å². The van der Waals surface area contributed by atoms with Crippen LogP contribution >= 0.6 is 0 Å². The maximum absolute atomic E-state index is 6.47. The third-order valence-corrected chi connectivity index (χ3v) is 8.49. The largest absolute Gasteiger partial charge is 0.493 e. The summed E-state index contributed by atoms with van der Waals surface area (Å²) in [5.41, 5.74) is 9.70. The van der Waals surface area contributed by atoms with Crippen molar-refractivity contribution in [3.63, 3.8) is 0 Å². The molecule has 1 aliphatic rings. The second-order valence-electron chi connectivity index (χ2n) is 12.3. The van der Waals surface area contributed by atoms with Crippen molar-refractivity contribution in [2.45, 2.75) is 87.1 Å². The SMILES string of the molecule is C=C1c2cccc(c2)CCOc2cc(ccc2C)C(NCCC)(/C(C)=C/N=CC(C)C)c2ccc(/C=C\C(C)CC)c1c2.CC. The van der Waals surface area contributed by atoms with Crippen LogP contribution in [-0.4, -0.2) is 19.4 Å². The normalized spacial score (nSPS) is 17.6. The van der Waals surface area contributed by atoms with Gasteiger partial charge in [0.05, 0.1) is 12.1 Å². The predicted molar refractivity (Wildman–Crippen MR) is 197 cm³/mol. The first kappa shape index (κ1) is 35.8. The minimum Gasteiger partial charge on any atom is -0.493 e. The van der Waals surface area contributed by atoms with Gasteiger partial charge in [-0.05, 0) is 101 Å². The van der Waals surface area contributed by atoms with Crippen molar-refractivity contribution in [1.29, 1.82) is 0 Å². The van der Waals surface area contributed by atoms with Crippen LogP contribution in [0, 0.1) is 18.8 Å². The molecule has 6 bridgehead atoms. The van der Waals surface area contributed by atoms with Crippen LogP contribution in [0.2, 0.25) is 0 Å². The third kappa shape index (κ3) is 8.73. The molecule has 0 aliphatic carbocycles. The van der Waals surface area contributed by atoms with E-state index in [4.69, 9.17) is 9.73 Å². The third-order valence-electron chi connectivity index (χ3n) is 8.49. The summed E-state index contributed by atoms with van der Waals surface area (Å²) >= 11 is 0. The highest BCUT2D eigenvalue weighted by molar-refractivity contribution is 5.84. The zero-order valence-electron chi connectivity index (χ0n) is 29.3. The van der Waals surface area contributed by atoms with E-state index in [1.807, 2.05) is 26.3 Å². The van der Waals surface area contributed by atoms with Crippen molar-refractivity contribution in [3.05, 3.63) is 124 Å². The molecule has 0 saturated carbocycles. The van der Waals surface area contributed by atoms with Crippen molar-refractivity contribution >= 4 is 17.9 Å². The molecule has 0 aromatic heterocycles. The summed E-state index contributed by atoms with van der Waals surface area (Å²) in [6.45, 7) is 25.5. The van der Waals surface area contributed by atoms with Gasteiger partial charge in [0.2, 0.25) is 0 Å². The van der Waals surface area contributed by atoms with Crippen LogP contribution in [0.3, 0.4) is 0 Å². The van der Waals surface area contributed by atoms with Gasteiger partial charge in [0.15, 0.2) is 0 Å². The number of benzene rings is 3. The van der Waals surface area contributed by atoms with Crippen LogP contribution in [0.25, 0.3) is 11.6 Å². The standard InChI is InChI=1S/C40H50N2O.C2H6/c1-9-21-42-40(31(7)27-41-26-28(3)4)36-19-17-34(16-14-29(5)10-2)38(24-36)32(8)35-13-11-12-33(23-35)20-22-43-39-25-37(40)18-15-30(39)6;1-2/h11-19,23-29,42H,8-10,20-22H2,1-7H3;1-2H3/b16-14-,31-27+,41-26?;. The van der Waals surface area contributed by atoms with Gasteiger partial charge >= 0.3 is 0 Å². The zero-order chi connectivity index (χ0) is 33.0. The topological polar surface area (TPSA) is 33.6 Å². The van der Waals surface area contributed by atoms with Crippen LogP contribution < -0.4 is 10.1 Å². The van der Waals surface area contributed by atoms with E-state index in [-0.39, 0.29) is 0 Å². The fraction of sp³-hybridized carbons (Fsp3) is 0.405. The van der Waals surface area contributed by atoms with Gasteiger partial charge in [-0.15, -0.1) is 0 Å². The first-order chi connectivity index (χ1) is 21.7. The van der Waals surface area contributed by atoms with Crippen molar-refractivity contribution in [1.82, 2.24) is 5.32 Å². The van der Waals surface area contributed by atoms with Gasteiger partial charge < -0.3 is 10.1 Å². The molecular formula is C42H56N2O. The fourth-order valence-corrected chi connectivity index (χ4v) is 5.64. The zero-order valence-corrected chi connectivity index (χ0v) is 29.3. The number of nitrogens with zero attached hydrogens (tertiary/aromatic N) is 1. The Balaban J connectivity index is 0.00000271. The number of aryl methyl sites for hydroxylation is 1. The summed E-state index contributed by atoms with van der Waals surface area (Å²) in [7, 11) is 0. The summed E-state index contributed by atoms with van der Waals surface area (Å²) in [4.78, 5) is 4.77. The average molecular weight is 605 g/mol. The van der Waals surface area contributed by atoms with Crippen molar-refractivity contribution in [3.8, 4) is 5.75 Å². The van der Waals surface area contributed by atoms with Crippen LogP contribution in [-0.2, 0) is 12.0 Å². The molecule has 3 nitrogen and oxygen atoms in total. The smallest absolute Gasteiger partial charge is 0.122 e. The lowest BCUT2D eigenvalue weighted by molar-refractivity contribution is 0.318. The number of fused-ring (bicyclic) bond motifs is 6. The molecule has 1 N–H and O–H groups in total. The van der Waals surface area contributed by atoms with E-state index in [0.29, 0.717) is 18.4 Å². The molecule has 45 heavy (non-hydrogen) atoms. The molecule has 2 unspecified atom stereocenters. The van der Waals surface area contributed by atoms with Gasteiger partial charge in [-0.3, -0.25) is 4.99 Å². The monoisotopic (exact) mass is 604 g/mol. The Bertz CT molecular complexity index is 1510. The summed E-state index contributed by atoms with van der Waals surface area (Å²) in [5.74, 6) is 1.79. The summed E-state index contributed by atoms with van der Waals surface area (Å²) in [6.07, 6.45) is 11.6. The fourth-order valence-electron chi connectivity index (χ4n) is 5.64. The minimum absolute atomic E-state index is 0.370. The summed E-state index contributed by atoms with van der Waals surface area (Å²) < 4.78 is 6.47. The highest BCUT2D eigenvalue weighted by Gasteiger charge is 2.37. The summed E-state index contributed by atoms with van der Waals surface area (Å²) in [5, 5.41) is 3.99. The predicted octanol–water partition coefficient (Wildman–Crippen LogP) is 11.0. The van der Waals surface area contributed by atoms with Crippen LogP contribution in [0.15, 0.2) is 90.1 Å². The molecule has 3 aromatic rings. The number of rotatable bonds is 9. The number of hydrogen-bond donors (Lipinski definition) is 1. The molecule has 3 heteroatoms. The van der Waals surface area contributed by atoms with E-state index in [1.165, 1.54) is 11.1 Å². The quantitative estimate of drug-likeness (QED) is 0.247. The van der Waals surface area contributed by atoms with E-state index in [2.05, 4.69) is 133 Å². The molecule has 1 aliphatic heterocycles. The lowest BCUT2D eigenvalue weighted by atomic mass is 9.75. The van der Waals surface area contributed by atoms with Crippen LogP contribution in [0.5, 0.6) is 5.75 Å². The van der Waals surface area contributed by atoms with Crippen molar-refractivity contribution in [2.75, 3.05) is 13.2 Å². The number of allylic oxidation sites excluding steroid dienone is 1. The molecule has 3 aromatic carbocycles. The van der Waals surface area contributed by atoms with Crippen LogP contribution in [0.4, 0.5) is 0 Å². The Kier molecular flexibility index (Phi) is 13.6. The van der Waals surface area contributed by atoms with E-state index < -0.39 is 5.54 Å². The lowest BCUT2D eigenvalue weighted by Gasteiger charge is -2.38. The Hall–Kier alpha value is -3.69. The molecule has 240 valence electrons. The molecular weight excluding hydrogens is 548 g/mol. The first-order valence-corrected chi connectivity index (χ1v) is 17.0. The average Bonchev–Trinajstić information content (AvgIpc) is 3.05. The minimum atomic E-state index is -0.615. The molecule has 0 spiro atoms. The van der Waals surface area contributed by atoms with Crippen molar-refractivity contribution in [2.24, 2.45) is 16.8 Å². The molecule has 4 rings (SSSR count). The maximum atomic E-state index is 6.47. The molecule has 0 amide bonds. The molecule has 0 radical (unpaired) electrons. The second-order valence-corrected chi connectivity index (χ2v) is 12.3. The number of hydrogen-bond acceptors (Lipinski definition) is 3. The Morgan fingerprint density at radius 3 is 2.47 bits per heavy atom. The first-order valence-electron chi connectivity index (χ1n) is 17.0. The molecule has 2 atom stereocenters. The van der Waals surface area contributed by atoms with Gasteiger partial charge in [-0.25, -0.2) is 0 Å². The number of nitrogens with one attached hydrogen (secondary N) is 1. The second kappa shape index (κ2) is 17.1. The Morgan fingerprint density at radius 2 is 1.76 bits per heavy atom. The highest BCUT2D eigenvalue weighted by Crippen LogP contribution is 2.41. The lowest BCUT2D eigenvalue weighted by Crippen LogP contribution is -2.45. The van der Waals surface area contributed by atoms with Gasteiger partial charge in [-0.1, -0.05) is 122 Å². The van der Waals surface area contributed by atoms with E-state index in [0.717, 1.165) is 70.5 Å². The van der Waals surface area contributed by atoms with Crippen molar-refractivity contribution < 1.29 is 4.74 Å². The van der Waals surface area contributed by atoms with Gasteiger partial charge in [-0.2, -0.15) is 0 Å². The Morgan fingerprint density at radius 1 is 1.02 bits per heavy atom.